The first kappa shape index (κ1) is 14.4. The second kappa shape index (κ2) is 5.98. The molecule has 104 valence electrons. The SMILES string of the molecule is CC1CCN(Cc2ccc([N+](=O)[O-])cc2Br)CC1O. The lowest BCUT2D eigenvalue weighted by molar-refractivity contribution is -0.384. The molecule has 1 heterocycles. The van der Waals surface area contributed by atoms with Crippen molar-refractivity contribution >= 4 is 21.6 Å². The second-order valence-electron chi connectivity index (χ2n) is 5.10. The fourth-order valence-corrected chi connectivity index (χ4v) is 2.77. The van der Waals surface area contributed by atoms with E-state index in [0.29, 0.717) is 19.0 Å². The zero-order valence-electron chi connectivity index (χ0n) is 10.8. The molecule has 1 saturated heterocycles. The first-order valence-electron chi connectivity index (χ1n) is 6.30. The van der Waals surface area contributed by atoms with Crippen LogP contribution in [-0.2, 0) is 6.54 Å². The predicted molar refractivity (Wildman–Crippen MR) is 75.9 cm³/mol. The molecular weight excluding hydrogens is 312 g/mol. The van der Waals surface area contributed by atoms with Gasteiger partial charge in [-0.05, 0) is 30.5 Å². The molecule has 1 aliphatic rings. The number of halogens is 1. The number of aliphatic hydroxyl groups excluding tert-OH is 1. The van der Waals surface area contributed by atoms with Gasteiger partial charge in [-0.3, -0.25) is 15.0 Å². The summed E-state index contributed by atoms with van der Waals surface area (Å²) in [5.41, 5.74) is 1.09. The lowest BCUT2D eigenvalue weighted by Crippen LogP contribution is -2.42. The maximum atomic E-state index is 10.7. The van der Waals surface area contributed by atoms with Crippen molar-refractivity contribution in [1.82, 2.24) is 4.90 Å². The summed E-state index contributed by atoms with van der Waals surface area (Å²) in [4.78, 5) is 12.5. The molecule has 0 radical (unpaired) electrons. The number of hydrogen-bond acceptors (Lipinski definition) is 4. The van der Waals surface area contributed by atoms with E-state index in [1.54, 1.807) is 6.07 Å². The van der Waals surface area contributed by atoms with Crippen molar-refractivity contribution in [2.75, 3.05) is 13.1 Å². The second-order valence-corrected chi connectivity index (χ2v) is 5.96. The van der Waals surface area contributed by atoms with Crippen LogP contribution in [0.4, 0.5) is 5.69 Å². The Bertz CT molecular complexity index is 481. The molecule has 2 atom stereocenters. The maximum Gasteiger partial charge on any atom is 0.270 e. The molecule has 0 aromatic heterocycles. The Kier molecular flexibility index (Phi) is 4.54. The molecule has 0 amide bonds. The Morgan fingerprint density at radius 2 is 2.32 bits per heavy atom. The van der Waals surface area contributed by atoms with Crippen LogP contribution in [0.2, 0.25) is 0 Å². The van der Waals surface area contributed by atoms with Gasteiger partial charge in [0.05, 0.1) is 11.0 Å². The van der Waals surface area contributed by atoms with Crippen LogP contribution in [0.1, 0.15) is 18.9 Å². The molecule has 0 saturated carbocycles. The number of rotatable bonds is 3. The molecule has 0 aliphatic carbocycles. The Labute approximate surface area is 120 Å². The van der Waals surface area contributed by atoms with E-state index in [2.05, 4.69) is 27.8 Å². The van der Waals surface area contributed by atoms with Crippen molar-refractivity contribution in [3.63, 3.8) is 0 Å². The minimum atomic E-state index is -0.402. The summed E-state index contributed by atoms with van der Waals surface area (Å²) in [5.74, 6) is 0.344. The number of β-amino-alcohol motifs (C(OH)–C–C–N with tert-alkyl or cyclic N) is 1. The van der Waals surface area contributed by atoms with Crippen molar-refractivity contribution in [2.45, 2.75) is 26.0 Å². The quantitative estimate of drug-likeness (QED) is 0.684. The summed E-state index contributed by atoms with van der Waals surface area (Å²) >= 11 is 3.38. The van der Waals surface area contributed by atoms with Crippen molar-refractivity contribution in [2.24, 2.45) is 5.92 Å². The maximum absolute atomic E-state index is 10.7. The van der Waals surface area contributed by atoms with Gasteiger partial charge in [0.1, 0.15) is 0 Å². The van der Waals surface area contributed by atoms with Crippen LogP contribution in [0.15, 0.2) is 22.7 Å². The monoisotopic (exact) mass is 328 g/mol. The minimum absolute atomic E-state index is 0.0860. The standard InChI is InChI=1S/C13H17BrN2O3/c1-9-4-5-15(8-13(9)17)7-10-2-3-11(16(18)19)6-12(10)14/h2-3,6,9,13,17H,4-5,7-8H2,1H3. The first-order chi connectivity index (χ1) is 8.97. The lowest BCUT2D eigenvalue weighted by atomic mass is 9.96. The molecule has 6 heteroatoms. The number of likely N-dealkylation sites (tertiary alicyclic amines) is 1. The summed E-state index contributed by atoms with van der Waals surface area (Å²) < 4.78 is 0.745. The molecule has 0 spiro atoms. The molecule has 2 rings (SSSR count). The van der Waals surface area contributed by atoms with Gasteiger partial charge in [0, 0.05) is 29.7 Å². The van der Waals surface area contributed by atoms with Crippen LogP contribution in [0, 0.1) is 16.0 Å². The van der Waals surface area contributed by atoms with Gasteiger partial charge in [0.2, 0.25) is 0 Å². The third-order valence-corrected chi connectivity index (χ3v) is 4.38. The van der Waals surface area contributed by atoms with E-state index in [9.17, 15) is 15.2 Å². The normalized spacial score (nSPS) is 24.4. The van der Waals surface area contributed by atoms with Gasteiger partial charge in [-0.2, -0.15) is 0 Å². The van der Waals surface area contributed by atoms with E-state index < -0.39 is 4.92 Å². The van der Waals surface area contributed by atoms with Crippen LogP contribution in [-0.4, -0.2) is 34.1 Å². The largest absolute Gasteiger partial charge is 0.392 e. The Balaban J connectivity index is 2.05. The fraction of sp³-hybridized carbons (Fsp3) is 0.538. The van der Waals surface area contributed by atoms with E-state index in [4.69, 9.17) is 0 Å². The van der Waals surface area contributed by atoms with Crippen LogP contribution >= 0.6 is 15.9 Å². The van der Waals surface area contributed by atoms with Gasteiger partial charge in [0.15, 0.2) is 0 Å². The van der Waals surface area contributed by atoms with Crippen molar-refractivity contribution in [1.29, 1.82) is 0 Å². The fourth-order valence-electron chi connectivity index (χ4n) is 2.28. The highest BCUT2D eigenvalue weighted by Crippen LogP contribution is 2.26. The zero-order valence-corrected chi connectivity index (χ0v) is 12.3. The Morgan fingerprint density at radius 1 is 1.58 bits per heavy atom. The number of aliphatic hydroxyl groups is 1. The van der Waals surface area contributed by atoms with E-state index >= 15 is 0 Å². The van der Waals surface area contributed by atoms with Crippen LogP contribution in [0.5, 0.6) is 0 Å². The van der Waals surface area contributed by atoms with Crippen LogP contribution in [0.25, 0.3) is 0 Å². The molecule has 1 aliphatic heterocycles. The van der Waals surface area contributed by atoms with E-state index in [-0.39, 0.29) is 11.8 Å². The summed E-state index contributed by atoms with van der Waals surface area (Å²) in [6, 6.07) is 4.81. The van der Waals surface area contributed by atoms with Crippen LogP contribution < -0.4 is 0 Å². The molecule has 5 nitrogen and oxygen atoms in total. The number of piperidine rings is 1. The van der Waals surface area contributed by atoms with E-state index in [0.717, 1.165) is 23.0 Å². The van der Waals surface area contributed by atoms with Gasteiger partial charge >= 0.3 is 0 Å². The third-order valence-electron chi connectivity index (χ3n) is 3.64. The van der Waals surface area contributed by atoms with E-state index in [1.165, 1.54) is 12.1 Å². The number of non-ortho nitro benzene ring substituents is 1. The molecule has 19 heavy (non-hydrogen) atoms. The molecular formula is C13H17BrN2O3. The molecule has 0 bridgehead atoms. The lowest BCUT2D eigenvalue weighted by Gasteiger charge is -2.34. The summed E-state index contributed by atoms with van der Waals surface area (Å²) in [7, 11) is 0. The molecule has 1 fully saturated rings. The molecule has 1 N–H and O–H groups in total. The van der Waals surface area contributed by atoms with Gasteiger partial charge in [-0.25, -0.2) is 0 Å². The summed E-state index contributed by atoms with van der Waals surface area (Å²) in [5, 5.41) is 20.5. The number of benzene rings is 1. The van der Waals surface area contributed by atoms with Gasteiger partial charge in [0.25, 0.3) is 5.69 Å². The van der Waals surface area contributed by atoms with Crippen molar-refractivity contribution < 1.29 is 10.0 Å². The topological polar surface area (TPSA) is 66.6 Å². The van der Waals surface area contributed by atoms with Crippen molar-refractivity contribution in [3.8, 4) is 0 Å². The third kappa shape index (κ3) is 3.52. The highest BCUT2D eigenvalue weighted by atomic mass is 79.9. The smallest absolute Gasteiger partial charge is 0.270 e. The van der Waals surface area contributed by atoms with Crippen molar-refractivity contribution in [3.05, 3.63) is 38.3 Å². The van der Waals surface area contributed by atoms with Gasteiger partial charge < -0.3 is 5.11 Å². The average molecular weight is 329 g/mol. The van der Waals surface area contributed by atoms with E-state index in [1.807, 2.05) is 0 Å². The molecule has 1 aromatic carbocycles. The van der Waals surface area contributed by atoms with Gasteiger partial charge in [-0.15, -0.1) is 0 Å². The predicted octanol–water partition coefficient (Wildman–Crippen LogP) is 2.56. The number of nitrogens with zero attached hydrogens (tertiary/aromatic N) is 2. The summed E-state index contributed by atoms with van der Waals surface area (Å²) in [6.45, 7) is 4.36. The summed E-state index contributed by atoms with van der Waals surface area (Å²) in [6.07, 6.45) is 0.691. The molecule has 2 unspecified atom stereocenters. The number of nitro groups is 1. The number of hydrogen-bond donors (Lipinski definition) is 1. The number of nitro benzene ring substituents is 1. The Hall–Kier alpha value is -0.980. The minimum Gasteiger partial charge on any atom is -0.392 e. The highest BCUT2D eigenvalue weighted by Gasteiger charge is 2.24. The van der Waals surface area contributed by atoms with Crippen LogP contribution in [0.3, 0.4) is 0 Å². The van der Waals surface area contributed by atoms with Gasteiger partial charge in [-0.1, -0.05) is 22.9 Å². The molecule has 1 aromatic rings. The zero-order chi connectivity index (χ0) is 14.0. The average Bonchev–Trinajstić information content (AvgIpc) is 2.36. The first-order valence-corrected chi connectivity index (χ1v) is 7.10. The highest BCUT2D eigenvalue weighted by molar-refractivity contribution is 9.10. The Morgan fingerprint density at radius 3 is 2.89 bits per heavy atom.